The summed E-state index contributed by atoms with van der Waals surface area (Å²) in [6.45, 7) is -0.392. The van der Waals surface area contributed by atoms with Crippen LogP contribution in [0.4, 0.5) is 5.69 Å². The van der Waals surface area contributed by atoms with E-state index < -0.39 is 18.5 Å². The van der Waals surface area contributed by atoms with Crippen molar-refractivity contribution in [2.24, 2.45) is 0 Å². The highest BCUT2D eigenvalue weighted by Gasteiger charge is 2.28. The predicted molar refractivity (Wildman–Crippen MR) is 115 cm³/mol. The van der Waals surface area contributed by atoms with Gasteiger partial charge >= 0.3 is 5.97 Å². The third kappa shape index (κ3) is 4.91. The van der Waals surface area contributed by atoms with Gasteiger partial charge in [-0.05, 0) is 37.1 Å². The van der Waals surface area contributed by atoms with E-state index in [-0.39, 0.29) is 24.4 Å². The van der Waals surface area contributed by atoms with E-state index in [0.717, 1.165) is 12.8 Å². The fourth-order valence-electron chi connectivity index (χ4n) is 3.41. The molecule has 0 spiro atoms. The number of fused-ring (bicyclic) bond motifs is 1. The Kier molecular flexibility index (Phi) is 5.97. The second-order valence-electron chi connectivity index (χ2n) is 7.39. The van der Waals surface area contributed by atoms with Gasteiger partial charge in [0.05, 0.1) is 24.4 Å². The molecule has 3 aromatic rings. The number of hydrogen-bond acceptors (Lipinski definition) is 6. The van der Waals surface area contributed by atoms with Gasteiger partial charge in [-0.1, -0.05) is 18.2 Å². The van der Waals surface area contributed by atoms with Gasteiger partial charge < -0.3 is 14.8 Å². The number of hydrogen-bond donors (Lipinski definition) is 1. The monoisotopic (exact) mass is 421 g/mol. The number of para-hydroxylation sites is 1. The molecular weight excluding hydrogens is 398 g/mol. The van der Waals surface area contributed by atoms with Crippen molar-refractivity contribution in [1.82, 2.24) is 9.55 Å². The fourth-order valence-corrected chi connectivity index (χ4v) is 3.41. The van der Waals surface area contributed by atoms with Crippen LogP contribution in [-0.2, 0) is 20.7 Å². The third-order valence-corrected chi connectivity index (χ3v) is 5.06. The number of rotatable bonds is 8. The molecule has 1 aliphatic rings. The first kappa shape index (κ1) is 20.6. The highest BCUT2D eigenvalue weighted by molar-refractivity contribution is 5.93. The molecule has 1 saturated carbocycles. The lowest BCUT2D eigenvalue weighted by molar-refractivity contribution is -0.147. The van der Waals surface area contributed by atoms with E-state index in [9.17, 15) is 14.4 Å². The molecule has 0 bridgehead atoms. The number of esters is 1. The SMILES string of the molecule is COc1cccc(NC(=O)COC(=O)CCc2nc3ccccc3c(=O)n2C2CC2)c1. The zero-order valence-electron chi connectivity index (χ0n) is 17.2. The van der Waals surface area contributed by atoms with Gasteiger partial charge in [0.25, 0.3) is 11.5 Å². The van der Waals surface area contributed by atoms with Crippen molar-refractivity contribution in [3.8, 4) is 5.75 Å². The molecule has 0 radical (unpaired) electrons. The largest absolute Gasteiger partial charge is 0.497 e. The van der Waals surface area contributed by atoms with Crippen LogP contribution in [0, 0.1) is 0 Å². The molecule has 1 fully saturated rings. The number of methoxy groups -OCH3 is 1. The lowest BCUT2D eigenvalue weighted by Crippen LogP contribution is -2.25. The number of anilines is 1. The summed E-state index contributed by atoms with van der Waals surface area (Å²) in [5.74, 6) is 0.217. The van der Waals surface area contributed by atoms with Crippen molar-refractivity contribution in [3.05, 3.63) is 64.7 Å². The molecule has 4 rings (SSSR count). The summed E-state index contributed by atoms with van der Waals surface area (Å²) in [7, 11) is 1.54. The normalized spacial score (nSPS) is 13.1. The lowest BCUT2D eigenvalue weighted by Gasteiger charge is -2.12. The van der Waals surface area contributed by atoms with Gasteiger partial charge in [0.2, 0.25) is 0 Å². The van der Waals surface area contributed by atoms with Crippen LogP contribution in [0.3, 0.4) is 0 Å². The molecule has 2 aromatic carbocycles. The summed E-state index contributed by atoms with van der Waals surface area (Å²) in [6.07, 6.45) is 2.17. The van der Waals surface area contributed by atoms with Crippen molar-refractivity contribution in [2.75, 3.05) is 19.0 Å². The van der Waals surface area contributed by atoms with Gasteiger partial charge in [0.1, 0.15) is 11.6 Å². The van der Waals surface area contributed by atoms with E-state index in [0.29, 0.717) is 28.2 Å². The molecule has 8 heteroatoms. The van der Waals surface area contributed by atoms with Crippen molar-refractivity contribution < 1.29 is 19.1 Å². The standard InChI is InChI=1S/C23H23N3O5/c1-30-17-6-4-5-15(13-17)24-21(27)14-31-22(28)12-11-20-25-19-8-3-2-7-18(19)23(29)26(20)16-9-10-16/h2-8,13,16H,9-12,14H2,1H3,(H,24,27). The van der Waals surface area contributed by atoms with Crippen molar-refractivity contribution in [3.63, 3.8) is 0 Å². The van der Waals surface area contributed by atoms with Crippen LogP contribution in [0.5, 0.6) is 5.75 Å². The fraction of sp³-hybridized carbons (Fsp3) is 0.304. The number of carbonyl (C=O) groups excluding carboxylic acids is 2. The summed E-state index contributed by atoms with van der Waals surface area (Å²) >= 11 is 0. The Morgan fingerprint density at radius 3 is 2.74 bits per heavy atom. The first-order valence-corrected chi connectivity index (χ1v) is 10.1. The van der Waals surface area contributed by atoms with Crippen LogP contribution in [0.2, 0.25) is 0 Å². The molecule has 1 aliphatic carbocycles. The molecule has 1 amide bonds. The number of aromatic nitrogens is 2. The number of nitrogens with one attached hydrogen (secondary N) is 1. The average molecular weight is 421 g/mol. The first-order valence-electron chi connectivity index (χ1n) is 10.1. The number of carbonyl (C=O) groups is 2. The summed E-state index contributed by atoms with van der Waals surface area (Å²) in [5.41, 5.74) is 1.09. The van der Waals surface area contributed by atoms with Gasteiger partial charge in [-0.2, -0.15) is 0 Å². The zero-order chi connectivity index (χ0) is 21.8. The Morgan fingerprint density at radius 1 is 1.16 bits per heavy atom. The maximum atomic E-state index is 12.9. The molecule has 8 nitrogen and oxygen atoms in total. The van der Waals surface area contributed by atoms with Crippen molar-refractivity contribution in [1.29, 1.82) is 0 Å². The predicted octanol–water partition coefficient (Wildman–Crippen LogP) is 2.85. The minimum Gasteiger partial charge on any atom is -0.497 e. The third-order valence-electron chi connectivity index (χ3n) is 5.06. The Labute approximate surface area is 178 Å². The van der Waals surface area contributed by atoms with Crippen LogP contribution in [0.1, 0.15) is 31.1 Å². The zero-order valence-corrected chi connectivity index (χ0v) is 17.2. The molecule has 31 heavy (non-hydrogen) atoms. The summed E-state index contributed by atoms with van der Waals surface area (Å²) in [6, 6.07) is 14.2. The molecule has 1 heterocycles. The number of aryl methyl sites for hydroxylation is 1. The Morgan fingerprint density at radius 2 is 1.97 bits per heavy atom. The highest BCUT2D eigenvalue weighted by Crippen LogP contribution is 2.34. The number of amides is 1. The lowest BCUT2D eigenvalue weighted by atomic mass is 10.2. The van der Waals surface area contributed by atoms with Crippen LogP contribution in [0.15, 0.2) is 53.3 Å². The Bertz CT molecular complexity index is 1180. The van der Waals surface area contributed by atoms with E-state index in [2.05, 4.69) is 10.3 Å². The van der Waals surface area contributed by atoms with E-state index in [1.165, 1.54) is 7.11 Å². The van der Waals surface area contributed by atoms with Crippen LogP contribution in [-0.4, -0.2) is 35.1 Å². The van der Waals surface area contributed by atoms with E-state index >= 15 is 0 Å². The maximum Gasteiger partial charge on any atom is 0.306 e. The molecule has 0 saturated heterocycles. The molecule has 160 valence electrons. The van der Waals surface area contributed by atoms with Gasteiger partial charge in [-0.25, -0.2) is 4.98 Å². The highest BCUT2D eigenvalue weighted by atomic mass is 16.5. The van der Waals surface area contributed by atoms with Crippen LogP contribution in [0.25, 0.3) is 10.9 Å². The second-order valence-corrected chi connectivity index (χ2v) is 7.39. The van der Waals surface area contributed by atoms with Crippen LogP contribution < -0.4 is 15.6 Å². The smallest absolute Gasteiger partial charge is 0.306 e. The van der Waals surface area contributed by atoms with E-state index in [1.807, 2.05) is 12.1 Å². The average Bonchev–Trinajstić information content (AvgIpc) is 3.61. The molecule has 0 unspecified atom stereocenters. The van der Waals surface area contributed by atoms with E-state index in [4.69, 9.17) is 9.47 Å². The van der Waals surface area contributed by atoms with Gasteiger partial charge in [0, 0.05) is 24.2 Å². The second kappa shape index (κ2) is 8.99. The Hall–Kier alpha value is -3.68. The van der Waals surface area contributed by atoms with E-state index in [1.54, 1.807) is 41.0 Å². The number of nitrogens with zero attached hydrogens (tertiary/aromatic N) is 2. The molecule has 1 aromatic heterocycles. The summed E-state index contributed by atoms with van der Waals surface area (Å²) in [4.78, 5) is 41.7. The minimum absolute atomic E-state index is 0.0317. The molecule has 1 N–H and O–H groups in total. The molecular formula is C23H23N3O5. The quantitative estimate of drug-likeness (QED) is 0.562. The molecule has 0 atom stereocenters. The van der Waals surface area contributed by atoms with Gasteiger partial charge in [-0.15, -0.1) is 0 Å². The summed E-state index contributed by atoms with van der Waals surface area (Å²) in [5, 5.41) is 3.23. The molecule has 0 aliphatic heterocycles. The maximum absolute atomic E-state index is 12.9. The first-order chi connectivity index (χ1) is 15.0. The topological polar surface area (TPSA) is 99.5 Å². The van der Waals surface area contributed by atoms with Crippen molar-refractivity contribution >= 4 is 28.5 Å². The van der Waals surface area contributed by atoms with Gasteiger partial charge in [-0.3, -0.25) is 19.0 Å². The number of benzene rings is 2. The minimum atomic E-state index is -0.523. The van der Waals surface area contributed by atoms with Crippen molar-refractivity contribution in [2.45, 2.75) is 31.7 Å². The van der Waals surface area contributed by atoms with Gasteiger partial charge in [0.15, 0.2) is 6.61 Å². The number of ether oxygens (including phenoxy) is 2. The Balaban J connectivity index is 1.35. The van der Waals surface area contributed by atoms with Crippen LogP contribution >= 0.6 is 0 Å². The summed E-state index contributed by atoms with van der Waals surface area (Å²) < 4.78 is 11.9.